The third-order valence-electron chi connectivity index (χ3n) is 4.03. The molecule has 92 valence electrons. The van der Waals surface area contributed by atoms with E-state index in [4.69, 9.17) is 4.74 Å². The first-order valence-electron chi connectivity index (χ1n) is 6.41. The van der Waals surface area contributed by atoms with Crippen LogP contribution >= 0.6 is 0 Å². The molecule has 2 atom stereocenters. The van der Waals surface area contributed by atoms with Crippen LogP contribution in [0.5, 0.6) is 0 Å². The van der Waals surface area contributed by atoms with E-state index in [1.807, 2.05) is 0 Å². The standard InChI is InChI=1S/C13H22O3/c1-9(2)5-6-13(12(14)15)7-8-16-11(13)10-3-4-10/h9-11H,3-8H2,1-2H3,(H,14,15). The first-order valence-corrected chi connectivity index (χ1v) is 6.41. The lowest BCUT2D eigenvalue weighted by Crippen LogP contribution is -2.40. The third kappa shape index (κ3) is 2.10. The van der Waals surface area contributed by atoms with Crippen molar-refractivity contribution in [1.82, 2.24) is 0 Å². The van der Waals surface area contributed by atoms with Gasteiger partial charge < -0.3 is 9.84 Å². The van der Waals surface area contributed by atoms with Crippen LogP contribution in [0.1, 0.15) is 46.0 Å². The van der Waals surface area contributed by atoms with Crippen LogP contribution in [0.15, 0.2) is 0 Å². The maximum absolute atomic E-state index is 11.6. The summed E-state index contributed by atoms with van der Waals surface area (Å²) < 4.78 is 5.71. The van der Waals surface area contributed by atoms with Crippen LogP contribution in [0.2, 0.25) is 0 Å². The van der Waals surface area contributed by atoms with Gasteiger partial charge in [-0.25, -0.2) is 0 Å². The molecule has 0 aromatic heterocycles. The average molecular weight is 226 g/mol. The van der Waals surface area contributed by atoms with Crippen LogP contribution < -0.4 is 0 Å². The van der Waals surface area contributed by atoms with Crippen LogP contribution in [-0.4, -0.2) is 23.8 Å². The van der Waals surface area contributed by atoms with Gasteiger partial charge in [0.1, 0.15) is 0 Å². The predicted octanol–water partition coefficient (Wildman–Crippen LogP) is 2.69. The van der Waals surface area contributed by atoms with Crippen LogP contribution in [0.25, 0.3) is 0 Å². The predicted molar refractivity (Wildman–Crippen MR) is 61.2 cm³/mol. The van der Waals surface area contributed by atoms with Crippen molar-refractivity contribution in [2.45, 2.75) is 52.1 Å². The van der Waals surface area contributed by atoms with Crippen molar-refractivity contribution in [3.05, 3.63) is 0 Å². The number of carboxylic acid groups (broad SMARTS) is 1. The van der Waals surface area contributed by atoms with Gasteiger partial charge in [0.05, 0.1) is 11.5 Å². The summed E-state index contributed by atoms with van der Waals surface area (Å²) in [5, 5.41) is 9.54. The molecule has 0 amide bonds. The zero-order valence-electron chi connectivity index (χ0n) is 10.2. The van der Waals surface area contributed by atoms with Crippen molar-refractivity contribution in [2.24, 2.45) is 17.3 Å². The normalized spacial score (nSPS) is 34.6. The Kier molecular flexibility index (Phi) is 3.24. The summed E-state index contributed by atoms with van der Waals surface area (Å²) in [7, 11) is 0. The number of carbonyl (C=O) groups is 1. The van der Waals surface area contributed by atoms with Gasteiger partial charge in [-0.05, 0) is 43.9 Å². The Morgan fingerprint density at radius 1 is 1.50 bits per heavy atom. The molecule has 2 aliphatic rings. The summed E-state index contributed by atoms with van der Waals surface area (Å²) >= 11 is 0. The van der Waals surface area contributed by atoms with E-state index in [2.05, 4.69) is 13.8 Å². The third-order valence-corrected chi connectivity index (χ3v) is 4.03. The highest BCUT2D eigenvalue weighted by atomic mass is 16.5. The molecule has 1 heterocycles. The van der Waals surface area contributed by atoms with Gasteiger partial charge in [-0.15, -0.1) is 0 Å². The largest absolute Gasteiger partial charge is 0.481 e. The molecule has 3 heteroatoms. The number of aliphatic carboxylic acids is 1. The maximum atomic E-state index is 11.6. The molecular formula is C13H22O3. The molecule has 1 saturated carbocycles. The molecule has 0 aromatic carbocycles. The second kappa shape index (κ2) is 4.36. The molecular weight excluding hydrogens is 204 g/mol. The first-order chi connectivity index (χ1) is 7.56. The van der Waals surface area contributed by atoms with E-state index in [9.17, 15) is 9.90 Å². The van der Waals surface area contributed by atoms with E-state index in [0.717, 1.165) is 25.7 Å². The number of hydrogen-bond donors (Lipinski definition) is 1. The summed E-state index contributed by atoms with van der Waals surface area (Å²) in [6.07, 6.45) is 4.77. The fraction of sp³-hybridized carbons (Fsp3) is 0.923. The Balaban J connectivity index is 2.09. The quantitative estimate of drug-likeness (QED) is 0.784. The highest BCUT2D eigenvalue weighted by Crippen LogP contribution is 2.50. The smallest absolute Gasteiger partial charge is 0.312 e. The topological polar surface area (TPSA) is 46.5 Å². The molecule has 0 radical (unpaired) electrons. The second-order valence-electron chi connectivity index (χ2n) is 5.77. The lowest BCUT2D eigenvalue weighted by atomic mass is 9.74. The Bertz CT molecular complexity index is 270. The van der Waals surface area contributed by atoms with E-state index in [-0.39, 0.29) is 6.10 Å². The molecule has 2 rings (SSSR count). The molecule has 1 N–H and O–H groups in total. The highest BCUT2D eigenvalue weighted by Gasteiger charge is 2.55. The molecule has 2 fully saturated rings. The monoisotopic (exact) mass is 226 g/mol. The van der Waals surface area contributed by atoms with Crippen LogP contribution in [-0.2, 0) is 9.53 Å². The molecule has 0 spiro atoms. The zero-order valence-corrected chi connectivity index (χ0v) is 10.2. The van der Waals surface area contributed by atoms with Crippen LogP contribution in [0.4, 0.5) is 0 Å². The number of hydrogen-bond acceptors (Lipinski definition) is 2. The van der Waals surface area contributed by atoms with Crippen molar-refractivity contribution < 1.29 is 14.6 Å². The minimum absolute atomic E-state index is 0.0104. The van der Waals surface area contributed by atoms with E-state index in [1.54, 1.807) is 0 Å². The number of rotatable bonds is 5. The maximum Gasteiger partial charge on any atom is 0.312 e. The lowest BCUT2D eigenvalue weighted by molar-refractivity contribution is -0.154. The lowest BCUT2D eigenvalue weighted by Gasteiger charge is -2.30. The van der Waals surface area contributed by atoms with Crippen molar-refractivity contribution in [3.63, 3.8) is 0 Å². The van der Waals surface area contributed by atoms with E-state index in [0.29, 0.717) is 24.9 Å². The Labute approximate surface area is 97.2 Å². The minimum atomic E-state index is -0.637. The van der Waals surface area contributed by atoms with E-state index >= 15 is 0 Å². The zero-order chi connectivity index (χ0) is 11.8. The molecule has 0 aromatic rings. The molecule has 2 unspecified atom stereocenters. The van der Waals surface area contributed by atoms with Gasteiger partial charge in [-0.1, -0.05) is 13.8 Å². The SMILES string of the molecule is CC(C)CCC1(C(=O)O)CCOC1C1CC1. The first kappa shape index (κ1) is 11.9. The Hall–Kier alpha value is -0.570. The fourth-order valence-electron chi connectivity index (χ4n) is 2.81. The van der Waals surface area contributed by atoms with Gasteiger partial charge >= 0.3 is 5.97 Å². The summed E-state index contributed by atoms with van der Waals surface area (Å²) in [5.41, 5.74) is -0.578. The van der Waals surface area contributed by atoms with Gasteiger partial charge in [-0.2, -0.15) is 0 Å². The van der Waals surface area contributed by atoms with E-state index < -0.39 is 11.4 Å². The van der Waals surface area contributed by atoms with Gasteiger partial charge in [0.25, 0.3) is 0 Å². The molecule has 16 heavy (non-hydrogen) atoms. The van der Waals surface area contributed by atoms with Gasteiger partial charge in [0.15, 0.2) is 0 Å². The summed E-state index contributed by atoms with van der Waals surface area (Å²) in [4.78, 5) is 11.6. The average Bonchev–Trinajstić information content (AvgIpc) is 2.95. The number of carboxylic acids is 1. The summed E-state index contributed by atoms with van der Waals surface area (Å²) in [6, 6.07) is 0. The van der Waals surface area contributed by atoms with Crippen LogP contribution in [0.3, 0.4) is 0 Å². The number of ether oxygens (including phenoxy) is 1. The molecule has 3 nitrogen and oxygen atoms in total. The van der Waals surface area contributed by atoms with Crippen LogP contribution in [0, 0.1) is 17.3 Å². The van der Waals surface area contributed by atoms with Gasteiger partial charge in [-0.3, -0.25) is 4.79 Å². The Morgan fingerprint density at radius 3 is 2.69 bits per heavy atom. The van der Waals surface area contributed by atoms with Crippen molar-refractivity contribution in [1.29, 1.82) is 0 Å². The van der Waals surface area contributed by atoms with E-state index in [1.165, 1.54) is 0 Å². The minimum Gasteiger partial charge on any atom is -0.481 e. The molecule has 0 bridgehead atoms. The molecule has 1 saturated heterocycles. The summed E-state index contributed by atoms with van der Waals surface area (Å²) in [6.45, 7) is 4.93. The Morgan fingerprint density at radius 2 is 2.19 bits per heavy atom. The van der Waals surface area contributed by atoms with Gasteiger partial charge in [0.2, 0.25) is 0 Å². The fourth-order valence-corrected chi connectivity index (χ4v) is 2.81. The van der Waals surface area contributed by atoms with Crippen molar-refractivity contribution in [2.75, 3.05) is 6.61 Å². The summed E-state index contributed by atoms with van der Waals surface area (Å²) in [5.74, 6) is 0.449. The van der Waals surface area contributed by atoms with Crippen molar-refractivity contribution >= 4 is 5.97 Å². The molecule has 1 aliphatic carbocycles. The van der Waals surface area contributed by atoms with Crippen molar-refractivity contribution in [3.8, 4) is 0 Å². The second-order valence-corrected chi connectivity index (χ2v) is 5.77. The molecule has 1 aliphatic heterocycles. The van der Waals surface area contributed by atoms with Gasteiger partial charge in [0, 0.05) is 6.61 Å². The highest BCUT2D eigenvalue weighted by molar-refractivity contribution is 5.76.